The predicted octanol–water partition coefficient (Wildman–Crippen LogP) is 0.568. The Bertz CT molecular complexity index is 525. The van der Waals surface area contributed by atoms with E-state index in [1.54, 1.807) is 0 Å². The van der Waals surface area contributed by atoms with E-state index in [2.05, 4.69) is 51.6 Å². The number of imide groups is 1. The molecule has 0 atom stereocenters. The van der Waals surface area contributed by atoms with Crippen LogP contribution < -0.4 is 10.6 Å². The van der Waals surface area contributed by atoms with Crippen LogP contribution in [-0.4, -0.2) is 61.5 Å². The highest BCUT2D eigenvalue weighted by Gasteiger charge is 2.19. The second-order valence-corrected chi connectivity index (χ2v) is 5.61. The SMILES string of the molecule is CNC(=O)NC(=O)CN1CCN(Cc2ccccc2C)CC1. The number of nitrogens with one attached hydrogen (secondary N) is 2. The van der Waals surface area contributed by atoms with Crippen LogP contribution in [0, 0.1) is 6.92 Å². The van der Waals surface area contributed by atoms with Gasteiger partial charge < -0.3 is 5.32 Å². The van der Waals surface area contributed by atoms with Crippen molar-refractivity contribution in [2.45, 2.75) is 13.5 Å². The van der Waals surface area contributed by atoms with E-state index in [9.17, 15) is 9.59 Å². The van der Waals surface area contributed by atoms with Gasteiger partial charge in [0.05, 0.1) is 6.54 Å². The van der Waals surface area contributed by atoms with E-state index in [0.29, 0.717) is 0 Å². The summed E-state index contributed by atoms with van der Waals surface area (Å²) in [6.07, 6.45) is 0. The Labute approximate surface area is 131 Å². The number of carbonyl (C=O) groups is 2. The molecule has 1 aromatic carbocycles. The fourth-order valence-corrected chi connectivity index (χ4v) is 2.57. The van der Waals surface area contributed by atoms with E-state index in [4.69, 9.17) is 0 Å². The van der Waals surface area contributed by atoms with Crippen LogP contribution in [0.15, 0.2) is 24.3 Å². The van der Waals surface area contributed by atoms with Crippen molar-refractivity contribution in [3.05, 3.63) is 35.4 Å². The summed E-state index contributed by atoms with van der Waals surface area (Å²) < 4.78 is 0. The first-order valence-electron chi connectivity index (χ1n) is 7.59. The second kappa shape index (κ2) is 7.91. The van der Waals surface area contributed by atoms with Crippen molar-refractivity contribution in [2.24, 2.45) is 0 Å². The van der Waals surface area contributed by atoms with E-state index in [1.807, 2.05) is 0 Å². The van der Waals surface area contributed by atoms with Crippen LogP contribution in [0.1, 0.15) is 11.1 Å². The van der Waals surface area contributed by atoms with Gasteiger partial charge in [-0.1, -0.05) is 24.3 Å². The van der Waals surface area contributed by atoms with Crippen molar-refractivity contribution >= 4 is 11.9 Å². The van der Waals surface area contributed by atoms with Crippen molar-refractivity contribution in [2.75, 3.05) is 39.8 Å². The van der Waals surface area contributed by atoms with Crippen LogP contribution in [0.5, 0.6) is 0 Å². The van der Waals surface area contributed by atoms with Gasteiger partial charge in [0.25, 0.3) is 0 Å². The maximum Gasteiger partial charge on any atom is 0.321 e. The highest BCUT2D eigenvalue weighted by atomic mass is 16.2. The summed E-state index contributed by atoms with van der Waals surface area (Å²) in [5.41, 5.74) is 2.67. The maximum absolute atomic E-state index is 11.7. The monoisotopic (exact) mass is 304 g/mol. The Hall–Kier alpha value is -1.92. The number of rotatable bonds is 4. The molecule has 0 unspecified atom stereocenters. The van der Waals surface area contributed by atoms with E-state index >= 15 is 0 Å². The number of benzene rings is 1. The zero-order valence-electron chi connectivity index (χ0n) is 13.3. The minimum absolute atomic E-state index is 0.258. The standard InChI is InChI=1S/C16H24N4O2/c1-13-5-3-4-6-14(13)11-19-7-9-20(10-8-19)12-15(21)18-16(22)17-2/h3-6H,7-12H2,1-2H3,(H2,17,18,21,22). The van der Waals surface area contributed by atoms with Gasteiger partial charge in [-0.05, 0) is 18.1 Å². The normalized spacial score (nSPS) is 16.3. The number of hydrogen-bond acceptors (Lipinski definition) is 4. The summed E-state index contributed by atoms with van der Waals surface area (Å²) in [5, 5.41) is 4.67. The number of carbonyl (C=O) groups excluding carboxylic acids is 2. The van der Waals surface area contributed by atoms with Crippen LogP contribution in [0.4, 0.5) is 4.79 Å². The van der Waals surface area contributed by atoms with Gasteiger partial charge in [0.1, 0.15) is 0 Å². The third-order valence-corrected chi connectivity index (χ3v) is 3.97. The van der Waals surface area contributed by atoms with Crippen LogP contribution in [-0.2, 0) is 11.3 Å². The molecule has 2 N–H and O–H groups in total. The number of piperazine rings is 1. The highest BCUT2D eigenvalue weighted by Crippen LogP contribution is 2.12. The van der Waals surface area contributed by atoms with Crippen molar-refractivity contribution in [3.63, 3.8) is 0 Å². The van der Waals surface area contributed by atoms with Gasteiger partial charge in [0.15, 0.2) is 0 Å². The molecule has 1 saturated heterocycles. The molecule has 1 heterocycles. The molecule has 1 fully saturated rings. The number of aryl methyl sites for hydroxylation is 1. The van der Waals surface area contributed by atoms with Crippen LogP contribution >= 0.6 is 0 Å². The molecular formula is C16H24N4O2. The van der Waals surface area contributed by atoms with Gasteiger partial charge in [-0.2, -0.15) is 0 Å². The molecule has 120 valence electrons. The third-order valence-electron chi connectivity index (χ3n) is 3.97. The summed E-state index contributed by atoms with van der Waals surface area (Å²) in [4.78, 5) is 27.2. The highest BCUT2D eigenvalue weighted by molar-refractivity contribution is 5.95. The molecule has 0 saturated carbocycles. The van der Waals surface area contributed by atoms with Gasteiger partial charge >= 0.3 is 6.03 Å². The van der Waals surface area contributed by atoms with Crippen LogP contribution in [0.2, 0.25) is 0 Å². The molecule has 22 heavy (non-hydrogen) atoms. The zero-order chi connectivity index (χ0) is 15.9. The van der Waals surface area contributed by atoms with E-state index < -0.39 is 6.03 Å². The summed E-state index contributed by atoms with van der Waals surface area (Å²) in [5.74, 6) is -0.258. The van der Waals surface area contributed by atoms with Crippen LogP contribution in [0.3, 0.4) is 0 Å². The molecule has 2 rings (SSSR count). The molecule has 1 aliphatic rings. The van der Waals surface area contributed by atoms with E-state index in [1.165, 1.54) is 18.2 Å². The Balaban J connectivity index is 1.75. The molecular weight excluding hydrogens is 280 g/mol. The Morgan fingerprint density at radius 1 is 1.09 bits per heavy atom. The molecule has 0 bridgehead atoms. The fraction of sp³-hybridized carbons (Fsp3) is 0.500. The first-order chi connectivity index (χ1) is 10.6. The molecule has 0 aromatic heterocycles. The first-order valence-corrected chi connectivity index (χ1v) is 7.59. The number of nitrogens with zero attached hydrogens (tertiary/aromatic N) is 2. The fourth-order valence-electron chi connectivity index (χ4n) is 2.57. The average Bonchev–Trinajstić information content (AvgIpc) is 2.51. The summed E-state index contributed by atoms with van der Waals surface area (Å²) in [7, 11) is 1.49. The molecule has 6 heteroatoms. The summed E-state index contributed by atoms with van der Waals surface area (Å²) >= 11 is 0. The lowest BCUT2D eigenvalue weighted by atomic mass is 10.1. The first kappa shape index (κ1) is 16.5. The van der Waals surface area contributed by atoms with Crippen molar-refractivity contribution in [1.29, 1.82) is 0 Å². The summed E-state index contributed by atoms with van der Waals surface area (Å²) in [6.45, 7) is 6.90. The molecule has 1 aromatic rings. The van der Waals surface area contributed by atoms with Gasteiger partial charge in [0, 0.05) is 39.8 Å². The lowest BCUT2D eigenvalue weighted by Crippen LogP contribution is -2.50. The quantitative estimate of drug-likeness (QED) is 0.853. The molecule has 0 radical (unpaired) electrons. The van der Waals surface area contributed by atoms with E-state index in [0.717, 1.165) is 32.7 Å². The Morgan fingerprint density at radius 3 is 2.36 bits per heavy atom. The molecule has 0 aliphatic carbocycles. The predicted molar refractivity (Wildman–Crippen MR) is 85.5 cm³/mol. The van der Waals surface area contributed by atoms with Gasteiger partial charge in [-0.3, -0.25) is 19.9 Å². The molecule has 6 nitrogen and oxygen atoms in total. The Kier molecular flexibility index (Phi) is 5.91. The summed E-state index contributed by atoms with van der Waals surface area (Å²) in [6, 6.07) is 7.97. The largest absolute Gasteiger partial charge is 0.341 e. The van der Waals surface area contributed by atoms with Gasteiger partial charge in [-0.15, -0.1) is 0 Å². The van der Waals surface area contributed by atoms with Crippen molar-refractivity contribution < 1.29 is 9.59 Å². The Morgan fingerprint density at radius 2 is 1.73 bits per heavy atom. The van der Waals surface area contributed by atoms with Crippen LogP contribution in [0.25, 0.3) is 0 Å². The number of amides is 3. The average molecular weight is 304 g/mol. The molecule has 1 aliphatic heterocycles. The van der Waals surface area contributed by atoms with Crippen molar-refractivity contribution in [1.82, 2.24) is 20.4 Å². The minimum atomic E-state index is -0.455. The van der Waals surface area contributed by atoms with Gasteiger partial charge in [0.2, 0.25) is 5.91 Å². The lowest BCUT2D eigenvalue weighted by Gasteiger charge is -2.34. The zero-order valence-corrected chi connectivity index (χ0v) is 13.3. The number of hydrogen-bond donors (Lipinski definition) is 2. The van der Waals surface area contributed by atoms with Crippen molar-refractivity contribution in [3.8, 4) is 0 Å². The third kappa shape index (κ3) is 4.82. The van der Waals surface area contributed by atoms with E-state index in [-0.39, 0.29) is 12.5 Å². The molecule has 0 spiro atoms. The lowest BCUT2D eigenvalue weighted by molar-refractivity contribution is -0.121. The topological polar surface area (TPSA) is 64.7 Å². The van der Waals surface area contributed by atoms with Gasteiger partial charge in [-0.25, -0.2) is 4.79 Å². The smallest absolute Gasteiger partial charge is 0.321 e. The number of urea groups is 1. The molecule has 3 amide bonds. The maximum atomic E-state index is 11.7. The second-order valence-electron chi connectivity index (χ2n) is 5.61. The minimum Gasteiger partial charge on any atom is -0.341 e.